The van der Waals surface area contributed by atoms with Crippen LogP contribution in [0.15, 0.2) is 46.9 Å². The molecule has 4 nitrogen and oxygen atoms in total. The van der Waals surface area contributed by atoms with Gasteiger partial charge < -0.3 is 14.8 Å². The Bertz CT molecular complexity index is 1070. The fraction of sp³-hybridized carbons (Fsp3) is 0.292. The van der Waals surface area contributed by atoms with E-state index in [0.717, 1.165) is 64.9 Å². The van der Waals surface area contributed by atoms with E-state index < -0.39 is 0 Å². The number of H-pyrrole nitrogens is 1. The number of piperazine rings is 1. The highest BCUT2D eigenvalue weighted by molar-refractivity contribution is 9.10. The molecule has 1 aliphatic rings. The first-order valence-corrected chi connectivity index (χ1v) is 11.4. The van der Waals surface area contributed by atoms with Crippen molar-refractivity contribution < 1.29 is 4.79 Å². The maximum absolute atomic E-state index is 13.3. The van der Waals surface area contributed by atoms with Crippen LogP contribution in [0, 0.1) is 0 Å². The van der Waals surface area contributed by atoms with Gasteiger partial charge in [0, 0.05) is 59.5 Å². The highest BCUT2D eigenvalue weighted by Crippen LogP contribution is 2.28. The van der Waals surface area contributed by atoms with Crippen LogP contribution >= 0.6 is 27.5 Å². The van der Waals surface area contributed by atoms with Gasteiger partial charge in [-0.05, 0) is 43.0 Å². The Balaban J connectivity index is 1.59. The molecule has 2 aromatic carbocycles. The van der Waals surface area contributed by atoms with Gasteiger partial charge in [-0.2, -0.15) is 0 Å². The summed E-state index contributed by atoms with van der Waals surface area (Å²) >= 11 is 9.51. The second-order valence-corrected chi connectivity index (χ2v) is 9.16. The van der Waals surface area contributed by atoms with Crippen LogP contribution in [0.3, 0.4) is 0 Å². The summed E-state index contributed by atoms with van der Waals surface area (Å²) in [6.45, 7) is 4.97. The summed E-state index contributed by atoms with van der Waals surface area (Å²) in [5, 5.41) is 1.68. The standard InChI is InChI=1S/C24H25BrClN3O/c1-28-12-14-29(15-13-28)11-10-23(30)24-20-8-5-18(25)16-22(20)27-21(24)9-4-17-2-6-19(26)7-3-17/h2-9,16,27H,10-15H2,1H3/b9-4+. The topological polar surface area (TPSA) is 39.3 Å². The van der Waals surface area contributed by atoms with Crippen molar-refractivity contribution >= 4 is 56.4 Å². The molecule has 4 rings (SSSR count). The number of Topliss-reactive ketones (excluding diaryl/α,β-unsaturated/α-hetero) is 1. The van der Waals surface area contributed by atoms with Crippen LogP contribution in [0.5, 0.6) is 0 Å². The fourth-order valence-corrected chi connectivity index (χ4v) is 4.31. The van der Waals surface area contributed by atoms with Gasteiger partial charge in [0.1, 0.15) is 0 Å². The smallest absolute Gasteiger partial charge is 0.166 e. The average Bonchev–Trinajstić information content (AvgIpc) is 3.10. The molecule has 156 valence electrons. The lowest BCUT2D eigenvalue weighted by atomic mass is 10.0. The Morgan fingerprint density at radius 1 is 1.10 bits per heavy atom. The number of carbonyl (C=O) groups excluding carboxylic acids is 1. The van der Waals surface area contributed by atoms with Gasteiger partial charge in [-0.25, -0.2) is 0 Å². The molecule has 0 bridgehead atoms. The van der Waals surface area contributed by atoms with Crippen molar-refractivity contribution in [1.29, 1.82) is 0 Å². The van der Waals surface area contributed by atoms with Crippen LogP contribution in [-0.4, -0.2) is 60.3 Å². The predicted molar refractivity (Wildman–Crippen MR) is 129 cm³/mol. The SMILES string of the molecule is CN1CCN(CCC(=O)c2c(/C=C/c3ccc(Cl)cc3)[nH]c3cc(Br)ccc23)CC1. The third-order valence-corrected chi connectivity index (χ3v) is 6.38. The maximum Gasteiger partial charge on any atom is 0.166 e. The number of likely N-dealkylation sites (N-methyl/N-ethyl adjacent to an activating group) is 1. The lowest BCUT2D eigenvalue weighted by Crippen LogP contribution is -2.45. The summed E-state index contributed by atoms with van der Waals surface area (Å²) in [6, 6.07) is 13.7. The van der Waals surface area contributed by atoms with Gasteiger partial charge in [-0.15, -0.1) is 0 Å². The molecule has 30 heavy (non-hydrogen) atoms. The Kier molecular flexibility index (Phi) is 6.74. The molecule has 0 aliphatic carbocycles. The number of halogens is 2. The van der Waals surface area contributed by atoms with Gasteiger partial charge in [0.05, 0.1) is 11.3 Å². The van der Waals surface area contributed by atoms with Crippen LogP contribution < -0.4 is 0 Å². The number of hydrogen-bond acceptors (Lipinski definition) is 3. The van der Waals surface area contributed by atoms with Gasteiger partial charge >= 0.3 is 0 Å². The van der Waals surface area contributed by atoms with Gasteiger partial charge in [-0.1, -0.05) is 51.8 Å². The molecule has 2 heterocycles. The number of rotatable bonds is 6. The molecule has 0 spiro atoms. The van der Waals surface area contributed by atoms with Crippen LogP contribution in [0.2, 0.25) is 5.02 Å². The van der Waals surface area contributed by atoms with Crippen molar-refractivity contribution in [3.8, 4) is 0 Å². The molecule has 0 unspecified atom stereocenters. The minimum Gasteiger partial charge on any atom is -0.354 e. The lowest BCUT2D eigenvalue weighted by molar-refractivity contribution is 0.0943. The Labute approximate surface area is 190 Å². The Hall–Kier alpha value is -1.92. The van der Waals surface area contributed by atoms with Crippen LogP contribution in [-0.2, 0) is 0 Å². The first-order valence-electron chi connectivity index (χ1n) is 10.2. The van der Waals surface area contributed by atoms with Gasteiger partial charge in [0.2, 0.25) is 0 Å². The third-order valence-electron chi connectivity index (χ3n) is 5.63. The van der Waals surface area contributed by atoms with E-state index in [1.165, 1.54) is 0 Å². The summed E-state index contributed by atoms with van der Waals surface area (Å²) in [7, 11) is 2.14. The normalized spacial score (nSPS) is 16.0. The first kappa shape index (κ1) is 21.3. The highest BCUT2D eigenvalue weighted by Gasteiger charge is 2.20. The number of aromatic amines is 1. The van der Waals surface area contributed by atoms with E-state index in [9.17, 15) is 4.79 Å². The van der Waals surface area contributed by atoms with E-state index in [4.69, 9.17) is 11.6 Å². The Morgan fingerprint density at radius 3 is 2.57 bits per heavy atom. The summed E-state index contributed by atoms with van der Waals surface area (Å²) < 4.78 is 0.987. The molecule has 1 N–H and O–H groups in total. The number of aromatic nitrogens is 1. The predicted octanol–water partition coefficient (Wildman–Crippen LogP) is 5.57. The number of ketones is 1. The molecule has 3 aromatic rings. The quantitative estimate of drug-likeness (QED) is 0.463. The van der Waals surface area contributed by atoms with Crippen molar-refractivity contribution in [2.75, 3.05) is 39.8 Å². The molecule has 0 amide bonds. The van der Waals surface area contributed by atoms with E-state index in [0.29, 0.717) is 11.4 Å². The molecule has 6 heteroatoms. The summed E-state index contributed by atoms with van der Waals surface area (Å²) in [5.74, 6) is 0.179. The number of nitrogens with one attached hydrogen (secondary N) is 1. The fourth-order valence-electron chi connectivity index (χ4n) is 3.83. The molecule has 0 atom stereocenters. The number of hydrogen-bond donors (Lipinski definition) is 1. The monoisotopic (exact) mass is 485 g/mol. The van der Waals surface area contributed by atoms with Gasteiger partial charge in [-0.3, -0.25) is 4.79 Å². The molecule has 1 saturated heterocycles. The molecule has 1 fully saturated rings. The largest absolute Gasteiger partial charge is 0.354 e. The number of carbonyl (C=O) groups is 1. The average molecular weight is 487 g/mol. The number of benzene rings is 2. The maximum atomic E-state index is 13.3. The van der Waals surface area contributed by atoms with Crippen LogP contribution in [0.25, 0.3) is 23.1 Å². The highest BCUT2D eigenvalue weighted by atomic mass is 79.9. The van der Waals surface area contributed by atoms with E-state index in [2.05, 4.69) is 37.8 Å². The molecular weight excluding hydrogens is 462 g/mol. The van der Waals surface area contributed by atoms with Gasteiger partial charge in [0.25, 0.3) is 0 Å². The summed E-state index contributed by atoms with van der Waals surface area (Å²) in [5.41, 5.74) is 3.62. The van der Waals surface area contributed by atoms with Crippen molar-refractivity contribution in [3.05, 3.63) is 68.8 Å². The van der Waals surface area contributed by atoms with Gasteiger partial charge in [0.15, 0.2) is 5.78 Å². The summed E-state index contributed by atoms with van der Waals surface area (Å²) in [4.78, 5) is 21.4. The minimum atomic E-state index is 0.179. The van der Waals surface area contributed by atoms with Crippen molar-refractivity contribution in [1.82, 2.24) is 14.8 Å². The van der Waals surface area contributed by atoms with Crippen LogP contribution in [0.4, 0.5) is 0 Å². The van der Waals surface area contributed by atoms with Crippen molar-refractivity contribution in [2.24, 2.45) is 0 Å². The zero-order valence-corrected chi connectivity index (χ0v) is 19.3. The molecular formula is C24H25BrClN3O. The number of nitrogens with zero attached hydrogens (tertiary/aromatic N) is 2. The van der Waals surface area contributed by atoms with E-state index >= 15 is 0 Å². The van der Waals surface area contributed by atoms with Crippen molar-refractivity contribution in [2.45, 2.75) is 6.42 Å². The Morgan fingerprint density at radius 2 is 1.83 bits per heavy atom. The molecule has 0 saturated carbocycles. The third kappa shape index (κ3) is 5.03. The zero-order chi connectivity index (χ0) is 21.1. The second kappa shape index (κ2) is 9.48. The van der Waals surface area contributed by atoms with E-state index in [1.54, 1.807) is 0 Å². The minimum absolute atomic E-state index is 0.179. The van der Waals surface area contributed by atoms with E-state index in [1.807, 2.05) is 54.6 Å². The van der Waals surface area contributed by atoms with Crippen molar-refractivity contribution in [3.63, 3.8) is 0 Å². The van der Waals surface area contributed by atoms with E-state index in [-0.39, 0.29) is 5.78 Å². The molecule has 0 radical (unpaired) electrons. The molecule has 1 aromatic heterocycles. The van der Waals surface area contributed by atoms with Crippen LogP contribution in [0.1, 0.15) is 28.0 Å². The lowest BCUT2D eigenvalue weighted by Gasteiger charge is -2.32. The first-order chi connectivity index (χ1) is 14.5. The number of fused-ring (bicyclic) bond motifs is 1. The summed E-state index contributed by atoms with van der Waals surface area (Å²) in [6.07, 6.45) is 4.52. The zero-order valence-electron chi connectivity index (χ0n) is 17.0. The molecule has 1 aliphatic heterocycles. The second-order valence-electron chi connectivity index (χ2n) is 7.81.